The predicted molar refractivity (Wildman–Crippen MR) is 72.5 cm³/mol. The molecule has 2 N–H and O–H groups in total. The molecular formula is C11H18N6S. The maximum atomic E-state index is 5.79. The molecule has 0 aliphatic heterocycles. The molecule has 0 radical (unpaired) electrons. The molecule has 0 saturated carbocycles. The highest BCUT2D eigenvalue weighted by Crippen LogP contribution is 2.22. The lowest BCUT2D eigenvalue weighted by molar-refractivity contribution is 0.557. The number of thioether (sulfide) groups is 1. The quantitative estimate of drug-likeness (QED) is 0.830. The number of rotatable bonds is 5. The van der Waals surface area contributed by atoms with Crippen LogP contribution in [-0.2, 0) is 13.5 Å². The molecule has 0 amide bonds. The Labute approximate surface area is 111 Å². The van der Waals surface area contributed by atoms with E-state index in [1.165, 1.54) is 0 Å². The first kappa shape index (κ1) is 12.9. The van der Waals surface area contributed by atoms with E-state index in [1.54, 1.807) is 11.8 Å². The highest BCUT2D eigenvalue weighted by Gasteiger charge is 2.12. The average molecular weight is 266 g/mol. The first-order valence-electron chi connectivity index (χ1n) is 5.89. The molecule has 0 aliphatic rings. The molecule has 0 aromatic carbocycles. The van der Waals surface area contributed by atoms with E-state index in [4.69, 9.17) is 5.73 Å². The minimum Gasteiger partial charge on any atom is -0.368 e. The van der Waals surface area contributed by atoms with Gasteiger partial charge in [0.05, 0.1) is 0 Å². The van der Waals surface area contributed by atoms with E-state index < -0.39 is 0 Å². The molecule has 0 atom stereocenters. The van der Waals surface area contributed by atoms with Crippen LogP contribution in [0.3, 0.4) is 0 Å². The van der Waals surface area contributed by atoms with Gasteiger partial charge in [0.2, 0.25) is 5.95 Å². The van der Waals surface area contributed by atoms with Gasteiger partial charge in [0.1, 0.15) is 5.82 Å². The second kappa shape index (κ2) is 5.43. The second-order valence-corrected chi connectivity index (χ2v) is 5.42. The molecule has 0 fully saturated rings. The number of nitrogens with zero attached hydrogens (tertiary/aromatic N) is 5. The predicted octanol–water partition coefficient (Wildman–Crippen LogP) is 1.51. The Morgan fingerprint density at radius 1 is 1.39 bits per heavy atom. The minimum atomic E-state index is 0.274. The summed E-state index contributed by atoms with van der Waals surface area (Å²) in [5.74, 6) is 2.46. The third-order valence-electron chi connectivity index (χ3n) is 2.69. The summed E-state index contributed by atoms with van der Waals surface area (Å²) in [5, 5.41) is 8.89. The molecule has 0 spiro atoms. The average Bonchev–Trinajstić information content (AvgIpc) is 2.86. The van der Waals surface area contributed by atoms with Crippen LogP contribution in [0, 0.1) is 0 Å². The van der Waals surface area contributed by atoms with Crippen molar-refractivity contribution in [3.8, 4) is 0 Å². The molecule has 0 unspecified atom stereocenters. The molecule has 2 aromatic heterocycles. The van der Waals surface area contributed by atoms with E-state index >= 15 is 0 Å². The van der Waals surface area contributed by atoms with Crippen LogP contribution >= 0.6 is 11.8 Å². The van der Waals surface area contributed by atoms with Crippen molar-refractivity contribution < 1.29 is 0 Å². The van der Waals surface area contributed by atoms with Crippen LogP contribution in [0.15, 0.2) is 17.6 Å². The normalized spacial score (nSPS) is 11.3. The summed E-state index contributed by atoms with van der Waals surface area (Å²) in [4.78, 5) is 4.29. The Kier molecular flexibility index (Phi) is 3.90. The molecule has 2 heterocycles. The summed E-state index contributed by atoms with van der Waals surface area (Å²) in [5.41, 5.74) is 5.79. The van der Waals surface area contributed by atoms with Gasteiger partial charge in [0, 0.05) is 37.7 Å². The van der Waals surface area contributed by atoms with E-state index in [-0.39, 0.29) is 6.04 Å². The topological polar surface area (TPSA) is 74.6 Å². The van der Waals surface area contributed by atoms with Crippen LogP contribution in [-0.4, -0.2) is 30.1 Å². The Hall–Kier alpha value is -1.50. The molecule has 0 aliphatic carbocycles. The third-order valence-corrected chi connectivity index (χ3v) is 3.63. The molecule has 0 bridgehead atoms. The first-order valence-corrected chi connectivity index (χ1v) is 6.87. The van der Waals surface area contributed by atoms with Crippen molar-refractivity contribution in [2.75, 3.05) is 11.5 Å². The highest BCUT2D eigenvalue weighted by atomic mass is 32.2. The van der Waals surface area contributed by atoms with Gasteiger partial charge in [-0.3, -0.25) is 4.57 Å². The van der Waals surface area contributed by atoms with E-state index in [1.807, 2.05) is 28.6 Å². The van der Waals surface area contributed by atoms with Gasteiger partial charge in [-0.2, -0.15) is 0 Å². The van der Waals surface area contributed by atoms with Gasteiger partial charge in [-0.25, -0.2) is 4.98 Å². The fourth-order valence-electron chi connectivity index (χ4n) is 1.74. The monoisotopic (exact) mass is 266 g/mol. The zero-order chi connectivity index (χ0) is 13.1. The number of nitrogens with two attached hydrogens (primary N) is 1. The lowest BCUT2D eigenvalue weighted by Crippen LogP contribution is -2.07. The number of imidazole rings is 1. The summed E-state index contributed by atoms with van der Waals surface area (Å²) in [6, 6.07) is 0.274. The maximum Gasteiger partial charge on any atom is 0.222 e. The summed E-state index contributed by atoms with van der Waals surface area (Å²) in [7, 11) is 2.00. The van der Waals surface area contributed by atoms with Crippen molar-refractivity contribution in [2.45, 2.75) is 31.5 Å². The number of hydrogen-bond donors (Lipinski definition) is 1. The fraction of sp³-hybridized carbons (Fsp3) is 0.545. The van der Waals surface area contributed by atoms with Gasteiger partial charge >= 0.3 is 0 Å². The van der Waals surface area contributed by atoms with Gasteiger partial charge in [-0.1, -0.05) is 11.8 Å². The SMILES string of the molecule is CC(C)n1c(N)nnc1SCCc1nccn1C. The molecule has 2 aromatic rings. The van der Waals surface area contributed by atoms with Crippen molar-refractivity contribution >= 4 is 17.7 Å². The molecule has 2 rings (SSSR count). The molecule has 0 saturated heterocycles. The maximum absolute atomic E-state index is 5.79. The van der Waals surface area contributed by atoms with E-state index in [2.05, 4.69) is 29.0 Å². The largest absolute Gasteiger partial charge is 0.368 e. The van der Waals surface area contributed by atoms with Crippen LogP contribution in [0.4, 0.5) is 5.95 Å². The molecule has 7 heteroatoms. The lowest BCUT2D eigenvalue weighted by Gasteiger charge is -2.11. The third kappa shape index (κ3) is 2.66. The van der Waals surface area contributed by atoms with Crippen LogP contribution in [0.5, 0.6) is 0 Å². The molecule has 6 nitrogen and oxygen atoms in total. The van der Waals surface area contributed by atoms with Crippen molar-refractivity contribution in [3.05, 3.63) is 18.2 Å². The van der Waals surface area contributed by atoms with Crippen molar-refractivity contribution in [3.63, 3.8) is 0 Å². The molecular weight excluding hydrogens is 248 g/mol. The Balaban J connectivity index is 1.97. The fourth-order valence-corrected chi connectivity index (χ4v) is 2.75. The first-order chi connectivity index (χ1) is 8.59. The summed E-state index contributed by atoms with van der Waals surface area (Å²) < 4.78 is 3.98. The molecule has 98 valence electrons. The number of hydrogen-bond acceptors (Lipinski definition) is 5. The van der Waals surface area contributed by atoms with Gasteiger partial charge in [0.25, 0.3) is 0 Å². The highest BCUT2D eigenvalue weighted by molar-refractivity contribution is 7.99. The smallest absolute Gasteiger partial charge is 0.222 e. The summed E-state index contributed by atoms with van der Waals surface area (Å²) >= 11 is 1.66. The van der Waals surface area contributed by atoms with Crippen LogP contribution in [0.2, 0.25) is 0 Å². The second-order valence-electron chi connectivity index (χ2n) is 4.36. The minimum absolute atomic E-state index is 0.274. The van der Waals surface area contributed by atoms with Crippen LogP contribution in [0.1, 0.15) is 25.7 Å². The lowest BCUT2D eigenvalue weighted by atomic mass is 10.4. The summed E-state index contributed by atoms with van der Waals surface area (Å²) in [6.45, 7) is 4.14. The number of aryl methyl sites for hydroxylation is 2. The zero-order valence-electron chi connectivity index (χ0n) is 10.9. The number of anilines is 1. The van der Waals surface area contributed by atoms with Crippen LogP contribution < -0.4 is 5.73 Å². The number of aromatic nitrogens is 5. The van der Waals surface area contributed by atoms with Gasteiger partial charge in [-0.05, 0) is 13.8 Å². The standard InChI is InChI=1S/C11H18N6S/c1-8(2)17-10(12)14-15-11(17)18-7-4-9-13-5-6-16(9)3/h5-6,8H,4,7H2,1-3H3,(H2,12,14). The van der Waals surface area contributed by atoms with Crippen molar-refractivity contribution in [2.24, 2.45) is 7.05 Å². The van der Waals surface area contributed by atoms with Crippen LogP contribution in [0.25, 0.3) is 0 Å². The Bertz CT molecular complexity index is 515. The Morgan fingerprint density at radius 2 is 2.17 bits per heavy atom. The Morgan fingerprint density at radius 3 is 2.78 bits per heavy atom. The van der Waals surface area contributed by atoms with E-state index in [0.29, 0.717) is 5.95 Å². The van der Waals surface area contributed by atoms with E-state index in [9.17, 15) is 0 Å². The van der Waals surface area contributed by atoms with Crippen molar-refractivity contribution in [1.29, 1.82) is 0 Å². The van der Waals surface area contributed by atoms with Gasteiger partial charge < -0.3 is 10.3 Å². The zero-order valence-corrected chi connectivity index (χ0v) is 11.7. The van der Waals surface area contributed by atoms with E-state index in [0.717, 1.165) is 23.2 Å². The number of nitrogen functional groups attached to an aromatic ring is 1. The van der Waals surface area contributed by atoms with Gasteiger partial charge in [-0.15, -0.1) is 10.2 Å². The molecule has 18 heavy (non-hydrogen) atoms. The van der Waals surface area contributed by atoms with Gasteiger partial charge in [0.15, 0.2) is 5.16 Å². The summed E-state index contributed by atoms with van der Waals surface area (Å²) in [6.07, 6.45) is 4.67. The van der Waals surface area contributed by atoms with Crippen molar-refractivity contribution in [1.82, 2.24) is 24.3 Å².